The molecule has 2 rings (SSSR count). The average Bonchev–Trinajstić information content (AvgIpc) is 2.99. The van der Waals surface area contributed by atoms with Gasteiger partial charge in [0.25, 0.3) is 0 Å². The molecule has 1 aromatic heterocycles. The monoisotopic (exact) mass is 331 g/mol. The summed E-state index contributed by atoms with van der Waals surface area (Å²) in [6, 6.07) is 8.27. The second-order valence-corrected chi connectivity index (χ2v) is 4.67. The molecular formula is C16H17N3O5. The average molecular weight is 331 g/mol. The van der Waals surface area contributed by atoms with Crippen LogP contribution in [0, 0.1) is 6.92 Å². The van der Waals surface area contributed by atoms with E-state index in [-0.39, 0.29) is 0 Å². The Balaban J connectivity index is 1.98. The molecule has 2 aromatic rings. The van der Waals surface area contributed by atoms with Crippen LogP contribution in [0.1, 0.15) is 11.5 Å². The van der Waals surface area contributed by atoms with Gasteiger partial charge in [0, 0.05) is 6.07 Å². The Morgan fingerprint density at radius 3 is 2.54 bits per heavy atom. The maximum atomic E-state index is 11.9. The van der Waals surface area contributed by atoms with Crippen molar-refractivity contribution < 1.29 is 23.5 Å². The minimum absolute atomic E-state index is 0.308. The van der Waals surface area contributed by atoms with Gasteiger partial charge in [-0.1, -0.05) is 0 Å². The van der Waals surface area contributed by atoms with Crippen LogP contribution >= 0.6 is 0 Å². The van der Waals surface area contributed by atoms with Crippen molar-refractivity contribution in [3.05, 3.63) is 41.9 Å². The number of nitrogens with one attached hydrogen (secondary N) is 2. The van der Waals surface area contributed by atoms with E-state index in [9.17, 15) is 9.59 Å². The van der Waals surface area contributed by atoms with Crippen molar-refractivity contribution in [1.82, 2.24) is 5.43 Å². The maximum Gasteiger partial charge on any atom is 0.329 e. The van der Waals surface area contributed by atoms with Crippen molar-refractivity contribution in [2.24, 2.45) is 5.10 Å². The largest absolute Gasteiger partial charge is 0.497 e. The molecule has 0 radical (unpaired) electrons. The van der Waals surface area contributed by atoms with Crippen molar-refractivity contribution in [3.8, 4) is 11.5 Å². The zero-order valence-electron chi connectivity index (χ0n) is 13.5. The number of anilines is 1. The Labute approximate surface area is 138 Å². The van der Waals surface area contributed by atoms with Crippen LogP contribution in [-0.2, 0) is 9.59 Å². The number of hydrazone groups is 1. The highest BCUT2D eigenvalue weighted by molar-refractivity contribution is 6.39. The van der Waals surface area contributed by atoms with E-state index >= 15 is 0 Å². The van der Waals surface area contributed by atoms with Gasteiger partial charge in [-0.2, -0.15) is 5.10 Å². The third-order valence-corrected chi connectivity index (χ3v) is 2.98. The van der Waals surface area contributed by atoms with Crippen molar-refractivity contribution in [2.75, 3.05) is 19.5 Å². The third-order valence-electron chi connectivity index (χ3n) is 2.98. The van der Waals surface area contributed by atoms with Crippen LogP contribution < -0.4 is 20.2 Å². The van der Waals surface area contributed by atoms with Crippen LogP contribution in [0.25, 0.3) is 0 Å². The number of carbonyl (C=O) groups excluding carboxylic acids is 2. The van der Waals surface area contributed by atoms with Crippen molar-refractivity contribution in [1.29, 1.82) is 0 Å². The lowest BCUT2D eigenvalue weighted by atomic mass is 10.2. The predicted octanol–water partition coefficient (Wildman–Crippen LogP) is 1.69. The summed E-state index contributed by atoms with van der Waals surface area (Å²) in [5.41, 5.74) is 2.42. The number of hydrogen-bond donors (Lipinski definition) is 2. The van der Waals surface area contributed by atoms with E-state index in [1.54, 1.807) is 37.3 Å². The van der Waals surface area contributed by atoms with Gasteiger partial charge >= 0.3 is 11.8 Å². The van der Waals surface area contributed by atoms with Gasteiger partial charge in [0.05, 0.1) is 26.1 Å². The number of hydrogen-bond acceptors (Lipinski definition) is 6. The zero-order chi connectivity index (χ0) is 17.5. The van der Waals surface area contributed by atoms with Gasteiger partial charge in [-0.25, -0.2) is 5.43 Å². The molecule has 0 bridgehead atoms. The maximum absolute atomic E-state index is 11.9. The summed E-state index contributed by atoms with van der Waals surface area (Å²) in [6.07, 6.45) is 1.30. The summed E-state index contributed by atoms with van der Waals surface area (Å²) in [5, 5.41) is 6.09. The molecule has 0 aliphatic carbocycles. The van der Waals surface area contributed by atoms with Crippen LogP contribution in [0.15, 0.2) is 39.9 Å². The molecule has 8 nitrogen and oxygen atoms in total. The Bertz CT molecular complexity index is 767. The van der Waals surface area contributed by atoms with Crippen molar-refractivity contribution in [3.63, 3.8) is 0 Å². The molecule has 0 saturated heterocycles. The lowest BCUT2D eigenvalue weighted by Crippen LogP contribution is -2.32. The number of amides is 2. The van der Waals surface area contributed by atoms with Crippen LogP contribution in [0.2, 0.25) is 0 Å². The summed E-state index contributed by atoms with van der Waals surface area (Å²) < 4.78 is 15.4. The Morgan fingerprint density at radius 2 is 1.92 bits per heavy atom. The topological polar surface area (TPSA) is 102 Å². The van der Waals surface area contributed by atoms with Crippen molar-refractivity contribution >= 4 is 23.7 Å². The summed E-state index contributed by atoms with van der Waals surface area (Å²) in [4.78, 5) is 23.7. The SMILES string of the molecule is COc1ccc(OC)c(NC(=O)C(=O)NN=Cc2ccc(C)o2)c1. The fraction of sp³-hybridized carbons (Fsp3) is 0.188. The number of furan rings is 1. The highest BCUT2D eigenvalue weighted by Gasteiger charge is 2.16. The molecule has 2 amide bonds. The summed E-state index contributed by atoms with van der Waals surface area (Å²) in [7, 11) is 2.94. The number of benzene rings is 1. The summed E-state index contributed by atoms with van der Waals surface area (Å²) in [6.45, 7) is 1.78. The fourth-order valence-electron chi connectivity index (χ4n) is 1.82. The second-order valence-electron chi connectivity index (χ2n) is 4.67. The molecule has 2 N–H and O–H groups in total. The second kappa shape index (κ2) is 7.82. The first-order valence-electron chi connectivity index (χ1n) is 6.96. The third kappa shape index (κ3) is 4.35. The molecule has 1 aromatic carbocycles. The van der Waals surface area contributed by atoms with E-state index in [0.717, 1.165) is 0 Å². The number of aryl methyl sites for hydroxylation is 1. The zero-order valence-corrected chi connectivity index (χ0v) is 13.5. The number of methoxy groups -OCH3 is 2. The van der Waals surface area contributed by atoms with E-state index in [1.165, 1.54) is 20.4 Å². The molecule has 8 heteroatoms. The fourth-order valence-corrected chi connectivity index (χ4v) is 1.82. The van der Waals surface area contributed by atoms with E-state index in [4.69, 9.17) is 13.9 Å². The molecule has 0 spiro atoms. The molecule has 0 fully saturated rings. The molecule has 24 heavy (non-hydrogen) atoms. The molecule has 1 heterocycles. The van der Waals surface area contributed by atoms with Crippen LogP contribution in [0.4, 0.5) is 5.69 Å². The first-order valence-corrected chi connectivity index (χ1v) is 6.96. The molecule has 0 aliphatic rings. The van der Waals surface area contributed by atoms with Gasteiger partial charge in [-0.05, 0) is 31.2 Å². The standard InChI is InChI=1S/C16H17N3O5/c1-10-4-5-12(24-10)9-17-19-16(21)15(20)18-13-8-11(22-2)6-7-14(13)23-3/h4-9H,1-3H3,(H,18,20)(H,19,21). The Morgan fingerprint density at radius 1 is 1.12 bits per heavy atom. The lowest BCUT2D eigenvalue weighted by molar-refractivity contribution is -0.136. The molecule has 0 saturated carbocycles. The number of nitrogens with zero attached hydrogens (tertiary/aromatic N) is 1. The molecule has 0 aliphatic heterocycles. The summed E-state index contributed by atoms with van der Waals surface area (Å²) >= 11 is 0. The molecule has 0 atom stereocenters. The number of ether oxygens (including phenoxy) is 2. The normalized spacial score (nSPS) is 10.5. The minimum Gasteiger partial charge on any atom is -0.497 e. The quantitative estimate of drug-likeness (QED) is 0.493. The number of carbonyl (C=O) groups is 2. The smallest absolute Gasteiger partial charge is 0.329 e. The van der Waals surface area contributed by atoms with Crippen LogP contribution in [0.3, 0.4) is 0 Å². The van der Waals surface area contributed by atoms with Gasteiger partial charge in [0.15, 0.2) is 0 Å². The lowest BCUT2D eigenvalue weighted by Gasteiger charge is -2.10. The first kappa shape index (κ1) is 17.1. The van der Waals surface area contributed by atoms with E-state index < -0.39 is 11.8 Å². The van der Waals surface area contributed by atoms with Crippen LogP contribution in [0.5, 0.6) is 11.5 Å². The minimum atomic E-state index is -0.931. The van der Waals surface area contributed by atoms with Crippen molar-refractivity contribution in [2.45, 2.75) is 6.92 Å². The van der Waals surface area contributed by atoms with Gasteiger partial charge < -0.3 is 19.2 Å². The van der Waals surface area contributed by atoms with E-state index in [0.29, 0.717) is 28.7 Å². The van der Waals surface area contributed by atoms with Gasteiger partial charge in [0.2, 0.25) is 0 Å². The van der Waals surface area contributed by atoms with Crippen LogP contribution in [-0.4, -0.2) is 32.2 Å². The van der Waals surface area contributed by atoms with E-state index in [1.807, 2.05) is 0 Å². The Kier molecular flexibility index (Phi) is 5.56. The first-order chi connectivity index (χ1) is 11.5. The highest BCUT2D eigenvalue weighted by Crippen LogP contribution is 2.28. The number of rotatable bonds is 5. The van der Waals surface area contributed by atoms with Gasteiger partial charge in [-0.15, -0.1) is 0 Å². The predicted molar refractivity (Wildman–Crippen MR) is 87.4 cm³/mol. The molecular weight excluding hydrogens is 314 g/mol. The van der Waals surface area contributed by atoms with Gasteiger partial charge in [0.1, 0.15) is 23.0 Å². The van der Waals surface area contributed by atoms with Gasteiger partial charge in [-0.3, -0.25) is 9.59 Å². The molecule has 0 unspecified atom stereocenters. The van der Waals surface area contributed by atoms with E-state index in [2.05, 4.69) is 15.8 Å². The Hall–Kier alpha value is -3.29. The molecule has 126 valence electrons. The summed E-state index contributed by atoms with van der Waals surface area (Å²) in [5.74, 6) is 0.256. The highest BCUT2D eigenvalue weighted by atomic mass is 16.5.